The van der Waals surface area contributed by atoms with E-state index in [1.165, 1.54) is 5.57 Å². The van der Waals surface area contributed by atoms with Crippen molar-refractivity contribution in [1.29, 1.82) is 0 Å². The number of hydrogen-bond acceptors (Lipinski definition) is 2. The van der Waals surface area contributed by atoms with Crippen molar-refractivity contribution in [3.63, 3.8) is 0 Å². The first-order valence-corrected chi connectivity index (χ1v) is 6.50. The fraction of sp³-hybridized carbons (Fsp3) is 0.800. The molecule has 3 atom stereocenters. The fourth-order valence-electron chi connectivity index (χ4n) is 2.98. The molecule has 17 heavy (non-hydrogen) atoms. The molecule has 96 valence electrons. The van der Waals surface area contributed by atoms with E-state index in [-0.39, 0.29) is 5.41 Å². The summed E-state index contributed by atoms with van der Waals surface area (Å²) in [5, 5.41) is 0. The molecule has 0 radical (unpaired) electrons. The smallest absolute Gasteiger partial charge is 0.212 e. The van der Waals surface area contributed by atoms with Crippen molar-refractivity contribution in [2.24, 2.45) is 27.7 Å². The second-order valence-corrected chi connectivity index (χ2v) is 7.43. The molecular formula is C15H25NO. The average molecular weight is 235 g/mol. The summed E-state index contributed by atoms with van der Waals surface area (Å²) in [6, 6.07) is 0.455. The van der Waals surface area contributed by atoms with Crippen LogP contribution in [0, 0.1) is 22.7 Å². The molecule has 0 N–H and O–H groups in total. The third-order valence-corrected chi connectivity index (χ3v) is 3.89. The van der Waals surface area contributed by atoms with Gasteiger partial charge in [-0.2, -0.15) is 0 Å². The predicted octanol–water partition coefficient (Wildman–Crippen LogP) is 3.68. The fourth-order valence-corrected chi connectivity index (χ4v) is 2.98. The Kier molecular flexibility index (Phi) is 2.68. The zero-order valence-electron chi connectivity index (χ0n) is 12.2. The molecule has 1 aliphatic heterocycles. The summed E-state index contributed by atoms with van der Waals surface area (Å²) in [4.78, 5) is 4.80. The van der Waals surface area contributed by atoms with Crippen LogP contribution in [0.3, 0.4) is 0 Å². The molecule has 1 aliphatic carbocycles. The highest BCUT2D eigenvalue weighted by atomic mass is 16.5. The van der Waals surface area contributed by atoms with Gasteiger partial charge in [-0.05, 0) is 16.7 Å². The first-order valence-electron chi connectivity index (χ1n) is 6.50. The molecule has 0 aromatic carbocycles. The average Bonchev–Trinajstić information content (AvgIpc) is 2.86. The lowest BCUT2D eigenvalue weighted by molar-refractivity contribution is 0.333. The molecule has 1 fully saturated rings. The summed E-state index contributed by atoms with van der Waals surface area (Å²) in [5.74, 6) is 2.15. The van der Waals surface area contributed by atoms with Gasteiger partial charge in [0, 0.05) is 11.5 Å². The SMILES string of the molecule is COC1=N[C@H]2[C@@H](C=C1C(C)(C)C)[C@@H]2C(C)(C)C. The normalized spacial score (nSPS) is 32.5. The minimum atomic E-state index is 0.116. The lowest BCUT2D eigenvalue weighted by atomic mass is 9.83. The summed E-state index contributed by atoms with van der Waals surface area (Å²) >= 11 is 0. The van der Waals surface area contributed by atoms with Crippen LogP contribution in [0.2, 0.25) is 0 Å². The van der Waals surface area contributed by atoms with Crippen molar-refractivity contribution in [3.05, 3.63) is 11.6 Å². The highest BCUT2D eigenvalue weighted by Gasteiger charge is 2.57. The Morgan fingerprint density at radius 2 is 1.71 bits per heavy atom. The van der Waals surface area contributed by atoms with E-state index in [2.05, 4.69) is 47.6 Å². The van der Waals surface area contributed by atoms with Crippen LogP contribution in [-0.2, 0) is 4.74 Å². The van der Waals surface area contributed by atoms with E-state index >= 15 is 0 Å². The molecule has 2 nitrogen and oxygen atoms in total. The number of aliphatic imine (C=N–C) groups is 1. The van der Waals surface area contributed by atoms with E-state index in [0.717, 1.165) is 5.90 Å². The number of nitrogens with zero attached hydrogens (tertiary/aromatic N) is 1. The highest BCUT2D eigenvalue weighted by Crippen LogP contribution is 2.56. The summed E-state index contributed by atoms with van der Waals surface area (Å²) in [7, 11) is 1.73. The van der Waals surface area contributed by atoms with Crippen LogP contribution in [0.15, 0.2) is 16.6 Å². The van der Waals surface area contributed by atoms with Crippen LogP contribution in [0.1, 0.15) is 41.5 Å². The zero-order valence-corrected chi connectivity index (χ0v) is 12.2. The summed E-state index contributed by atoms with van der Waals surface area (Å²) in [6.07, 6.45) is 2.41. The van der Waals surface area contributed by atoms with E-state index in [9.17, 15) is 0 Å². The van der Waals surface area contributed by atoms with Gasteiger partial charge in [-0.1, -0.05) is 47.6 Å². The largest absolute Gasteiger partial charge is 0.481 e. The second kappa shape index (κ2) is 3.60. The Morgan fingerprint density at radius 3 is 2.12 bits per heavy atom. The molecule has 0 amide bonds. The number of methoxy groups -OCH3 is 1. The lowest BCUT2D eigenvalue weighted by Crippen LogP contribution is -2.22. The third kappa shape index (κ3) is 2.14. The van der Waals surface area contributed by atoms with Crippen LogP contribution in [0.25, 0.3) is 0 Å². The topological polar surface area (TPSA) is 21.6 Å². The van der Waals surface area contributed by atoms with E-state index in [1.54, 1.807) is 7.11 Å². The summed E-state index contributed by atoms with van der Waals surface area (Å²) in [6.45, 7) is 13.6. The van der Waals surface area contributed by atoms with Crippen molar-refractivity contribution < 1.29 is 4.74 Å². The minimum Gasteiger partial charge on any atom is -0.481 e. The van der Waals surface area contributed by atoms with E-state index in [0.29, 0.717) is 23.3 Å². The molecule has 2 aliphatic rings. The first-order chi connectivity index (χ1) is 7.66. The van der Waals surface area contributed by atoms with E-state index in [1.807, 2.05) is 0 Å². The first kappa shape index (κ1) is 12.7. The Labute approximate surface area is 105 Å². The Morgan fingerprint density at radius 1 is 1.12 bits per heavy atom. The molecule has 0 aromatic heterocycles. The van der Waals surface area contributed by atoms with Gasteiger partial charge >= 0.3 is 0 Å². The van der Waals surface area contributed by atoms with E-state index < -0.39 is 0 Å². The van der Waals surface area contributed by atoms with Crippen molar-refractivity contribution in [3.8, 4) is 0 Å². The van der Waals surface area contributed by atoms with Crippen molar-refractivity contribution >= 4 is 5.90 Å². The van der Waals surface area contributed by atoms with Crippen LogP contribution in [0.5, 0.6) is 0 Å². The Bertz CT molecular complexity index is 379. The van der Waals surface area contributed by atoms with Gasteiger partial charge in [0.05, 0.1) is 13.2 Å². The van der Waals surface area contributed by atoms with Gasteiger partial charge in [-0.3, -0.25) is 0 Å². The van der Waals surface area contributed by atoms with Gasteiger partial charge in [-0.25, -0.2) is 4.99 Å². The molecule has 2 heteroatoms. The summed E-state index contributed by atoms with van der Waals surface area (Å²) in [5.41, 5.74) is 1.72. The number of ether oxygens (including phenoxy) is 1. The van der Waals surface area contributed by atoms with Crippen LogP contribution in [-0.4, -0.2) is 19.0 Å². The number of hydrogen-bond donors (Lipinski definition) is 0. The summed E-state index contributed by atoms with van der Waals surface area (Å²) < 4.78 is 5.47. The van der Waals surface area contributed by atoms with Gasteiger partial charge in [0.25, 0.3) is 0 Å². The molecule has 0 spiro atoms. The van der Waals surface area contributed by atoms with Crippen LogP contribution >= 0.6 is 0 Å². The second-order valence-electron chi connectivity index (χ2n) is 7.43. The van der Waals surface area contributed by atoms with Crippen molar-refractivity contribution in [1.82, 2.24) is 0 Å². The lowest BCUT2D eigenvalue weighted by Gasteiger charge is -2.25. The maximum absolute atomic E-state index is 5.47. The maximum Gasteiger partial charge on any atom is 0.212 e. The van der Waals surface area contributed by atoms with E-state index in [4.69, 9.17) is 9.73 Å². The zero-order chi connectivity index (χ0) is 13.0. The van der Waals surface area contributed by atoms with Crippen LogP contribution < -0.4 is 0 Å². The standard InChI is InChI=1S/C15H25NO/c1-14(2,3)10-8-9-11(15(4,5)6)12(9)16-13(10)17-7/h8-9,11-12H,1-7H3/t9-,11-,12-/m0/s1. The quantitative estimate of drug-likeness (QED) is 0.627. The molecule has 1 heterocycles. The maximum atomic E-state index is 5.47. The third-order valence-electron chi connectivity index (χ3n) is 3.89. The Balaban J connectivity index is 2.30. The monoisotopic (exact) mass is 235 g/mol. The minimum absolute atomic E-state index is 0.116. The number of fused-ring (bicyclic) bond motifs is 1. The van der Waals surface area contributed by atoms with Gasteiger partial charge < -0.3 is 4.74 Å². The number of dihydropyridines is 1. The predicted molar refractivity (Wildman–Crippen MR) is 72.2 cm³/mol. The molecule has 1 saturated carbocycles. The molecule has 2 rings (SSSR count). The van der Waals surface area contributed by atoms with Gasteiger partial charge in [-0.15, -0.1) is 0 Å². The van der Waals surface area contributed by atoms with Gasteiger partial charge in [0.1, 0.15) is 0 Å². The molecule has 0 bridgehead atoms. The van der Waals surface area contributed by atoms with Crippen LogP contribution in [0.4, 0.5) is 0 Å². The Hall–Kier alpha value is -0.790. The molecule has 0 unspecified atom stereocenters. The van der Waals surface area contributed by atoms with Gasteiger partial charge in [0.15, 0.2) is 0 Å². The highest BCUT2D eigenvalue weighted by molar-refractivity contribution is 5.96. The molecular weight excluding hydrogens is 210 g/mol. The number of rotatable bonds is 0. The van der Waals surface area contributed by atoms with Crippen molar-refractivity contribution in [2.75, 3.05) is 7.11 Å². The molecule has 0 saturated heterocycles. The molecule has 0 aromatic rings. The van der Waals surface area contributed by atoms with Crippen molar-refractivity contribution in [2.45, 2.75) is 47.6 Å². The van der Waals surface area contributed by atoms with Gasteiger partial charge in [0.2, 0.25) is 5.90 Å².